The number of carboxylic acid groups (broad SMARTS) is 1. The maximum Gasteiger partial charge on any atom is 0.430 e. The quantitative estimate of drug-likeness (QED) is 0.431. The van der Waals surface area contributed by atoms with Crippen LogP contribution in [0.1, 0.15) is 12.8 Å². The topological polar surface area (TPSA) is 84.8 Å². The van der Waals surface area contributed by atoms with Crippen molar-refractivity contribution in [3.63, 3.8) is 0 Å². The van der Waals surface area contributed by atoms with Crippen molar-refractivity contribution in [3.8, 4) is 0 Å². The number of hydrogen-bond acceptors (Lipinski definition) is 5. The number of oxime groups is 1. The number of aliphatic carboxylic acids is 1. The van der Waals surface area contributed by atoms with E-state index in [0.717, 1.165) is 31.6 Å². The summed E-state index contributed by atoms with van der Waals surface area (Å²) in [5.41, 5.74) is 0.920. The van der Waals surface area contributed by atoms with Gasteiger partial charge < -0.3 is 20.4 Å². The van der Waals surface area contributed by atoms with Crippen molar-refractivity contribution in [2.45, 2.75) is 19.0 Å². The first-order valence-electron chi connectivity index (χ1n) is 4.06. The highest BCUT2D eigenvalue weighted by Crippen LogP contribution is 2.11. The fourth-order valence-electron chi connectivity index (χ4n) is 0.815. The molecule has 0 spiro atoms. The van der Waals surface area contributed by atoms with Crippen LogP contribution in [0, 0.1) is 0 Å². The molecule has 0 bridgehead atoms. The van der Waals surface area contributed by atoms with E-state index >= 15 is 0 Å². The average molecular weight is 227 g/mol. The van der Waals surface area contributed by atoms with Crippen molar-refractivity contribution in [1.82, 2.24) is 5.32 Å². The van der Waals surface area contributed by atoms with Gasteiger partial charge in [-0.2, -0.15) is 13.2 Å². The lowest BCUT2D eigenvalue weighted by Crippen LogP contribution is -2.37. The van der Waals surface area contributed by atoms with Crippen LogP contribution in [0.25, 0.3) is 0 Å². The molecule has 0 aromatic heterocycles. The Morgan fingerprint density at radius 1 is 1.40 bits per heavy atom. The molecule has 0 saturated carbocycles. The first-order valence-corrected chi connectivity index (χ1v) is 4.06. The third-order valence-electron chi connectivity index (χ3n) is 1.55. The van der Waals surface area contributed by atoms with Gasteiger partial charge in [-0.1, -0.05) is 5.16 Å². The molecule has 1 rings (SSSR count). The second-order valence-corrected chi connectivity index (χ2v) is 2.70. The van der Waals surface area contributed by atoms with Gasteiger partial charge in [0.2, 0.25) is 0 Å². The van der Waals surface area contributed by atoms with Crippen LogP contribution in [-0.2, 0) is 4.79 Å². The Hall–Kier alpha value is -1.31. The van der Waals surface area contributed by atoms with Crippen LogP contribution in [0.3, 0.4) is 0 Å². The first kappa shape index (κ1) is 13.7. The zero-order valence-electron chi connectivity index (χ0n) is 7.67. The predicted octanol–water partition coefficient (Wildman–Crippen LogP) is -0.501. The predicted molar refractivity (Wildman–Crippen MR) is 42.4 cm³/mol. The minimum atomic E-state index is -5.19. The average Bonchev–Trinajstić information content (AvgIpc) is 2.18. The maximum absolute atomic E-state index is 10.5. The van der Waals surface area contributed by atoms with Gasteiger partial charge >= 0.3 is 6.18 Å². The lowest BCUT2D eigenvalue weighted by Gasteiger charge is -2.11. The Bertz CT molecular complexity index is 232. The second-order valence-electron chi connectivity index (χ2n) is 2.70. The van der Waals surface area contributed by atoms with Crippen molar-refractivity contribution in [3.05, 3.63) is 0 Å². The Labute approximate surface area is 83.6 Å². The Morgan fingerprint density at radius 3 is 2.00 bits per heavy atom. The molecule has 1 heterocycles. The molecular formula is C7H10F3N2O3-. The van der Waals surface area contributed by atoms with Crippen LogP contribution >= 0.6 is 0 Å². The van der Waals surface area contributed by atoms with E-state index in [9.17, 15) is 13.2 Å². The van der Waals surface area contributed by atoms with Gasteiger partial charge in [-0.05, 0) is 0 Å². The van der Waals surface area contributed by atoms with E-state index < -0.39 is 12.1 Å². The van der Waals surface area contributed by atoms with E-state index in [1.54, 1.807) is 0 Å². The number of nitrogens with zero attached hydrogens (tertiary/aromatic N) is 1. The summed E-state index contributed by atoms with van der Waals surface area (Å²) in [7, 11) is 0. The summed E-state index contributed by atoms with van der Waals surface area (Å²) in [5.74, 6) is -3.01. The first-order chi connectivity index (χ1) is 6.88. The number of carboxylic acids is 1. The standard InChI is InChI=1S/C5H10N2O.C2HF3O2/c8-7-5-1-3-6-4-2-5;3-2(4,5)1(6)7/h6,8H,1-4H2;(H,6,7)/p-1. The molecule has 5 nitrogen and oxygen atoms in total. The summed E-state index contributed by atoms with van der Waals surface area (Å²) in [6, 6.07) is 0. The smallest absolute Gasteiger partial charge is 0.430 e. The fraction of sp³-hybridized carbons (Fsp3) is 0.714. The highest BCUT2D eigenvalue weighted by Gasteiger charge is 2.28. The van der Waals surface area contributed by atoms with E-state index in [4.69, 9.17) is 15.1 Å². The fourth-order valence-corrected chi connectivity index (χ4v) is 0.815. The van der Waals surface area contributed by atoms with Gasteiger partial charge in [0, 0.05) is 25.9 Å². The zero-order valence-corrected chi connectivity index (χ0v) is 7.67. The molecule has 1 aliphatic rings. The van der Waals surface area contributed by atoms with Gasteiger partial charge in [0.15, 0.2) is 0 Å². The van der Waals surface area contributed by atoms with Crippen molar-refractivity contribution in [2.75, 3.05) is 13.1 Å². The molecule has 0 unspecified atom stereocenters. The number of piperidine rings is 1. The highest BCUT2D eigenvalue weighted by atomic mass is 19.4. The lowest BCUT2D eigenvalue weighted by atomic mass is 10.1. The number of hydrogen-bond donors (Lipinski definition) is 2. The van der Waals surface area contributed by atoms with Crippen LogP contribution in [0.2, 0.25) is 0 Å². The van der Waals surface area contributed by atoms with Gasteiger partial charge in [0.1, 0.15) is 5.97 Å². The summed E-state index contributed by atoms with van der Waals surface area (Å²) in [6.45, 7) is 1.92. The van der Waals surface area contributed by atoms with Crippen molar-refractivity contribution in [1.29, 1.82) is 0 Å². The SMILES string of the molecule is O=C([O-])C(F)(F)F.ON=C1CCNCC1. The summed E-state index contributed by atoms with van der Waals surface area (Å²) in [4.78, 5) is 8.78. The normalized spacial score (nSPS) is 16.3. The molecule has 8 heteroatoms. The molecule has 1 fully saturated rings. The molecule has 0 atom stereocenters. The van der Waals surface area contributed by atoms with E-state index in [-0.39, 0.29) is 0 Å². The number of alkyl halides is 3. The van der Waals surface area contributed by atoms with Crippen molar-refractivity contribution < 1.29 is 28.3 Å². The Morgan fingerprint density at radius 2 is 1.80 bits per heavy atom. The van der Waals surface area contributed by atoms with Gasteiger partial charge in [-0.25, -0.2) is 0 Å². The van der Waals surface area contributed by atoms with Crippen molar-refractivity contribution in [2.24, 2.45) is 5.16 Å². The van der Waals surface area contributed by atoms with E-state index in [1.807, 2.05) is 0 Å². The molecule has 2 N–H and O–H groups in total. The monoisotopic (exact) mass is 227 g/mol. The van der Waals surface area contributed by atoms with Crippen LogP contribution in [0.15, 0.2) is 5.16 Å². The van der Waals surface area contributed by atoms with Crippen LogP contribution < -0.4 is 10.4 Å². The summed E-state index contributed by atoms with van der Waals surface area (Å²) >= 11 is 0. The molecule has 0 radical (unpaired) electrons. The minimum Gasteiger partial charge on any atom is -0.542 e. The molecule has 1 saturated heterocycles. The minimum absolute atomic E-state index is 0.899. The van der Waals surface area contributed by atoms with Crippen molar-refractivity contribution >= 4 is 11.7 Å². The Kier molecular flexibility index (Phi) is 5.68. The molecule has 88 valence electrons. The number of halogens is 3. The second kappa shape index (κ2) is 6.23. The Balaban J connectivity index is 0.000000265. The molecule has 0 aromatic carbocycles. The molecule has 1 aliphatic heterocycles. The van der Waals surface area contributed by atoms with E-state index in [0.29, 0.717) is 0 Å². The number of nitrogens with one attached hydrogen (secondary N) is 1. The van der Waals surface area contributed by atoms with Crippen LogP contribution in [0.4, 0.5) is 13.2 Å². The number of carbonyl (C=O) groups excluding carboxylic acids is 1. The highest BCUT2D eigenvalue weighted by molar-refractivity contribution is 5.84. The summed E-state index contributed by atoms with van der Waals surface area (Å²) < 4.78 is 31.5. The largest absolute Gasteiger partial charge is 0.542 e. The summed E-state index contributed by atoms with van der Waals surface area (Å²) in [6.07, 6.45) is -3.40. The van der Waals surface area contributed by atoms with Gasteiger partial charge in [0.25, 0.3) is 0 Å². The molecule has 0 aromatic rings. The van der Waals surface area contributed by atoms with Crippen LogP contribution in [0.5, 0.6) is 0 Å². The van der Waals surface area contributed by atoms with E-state index in [2.05, 4.69) is 10.5 Å². The molecule has 15 heavy (non-hydrogen) atoms. The molecule has 0 amide bonds. The number of carbonyl (C=O) groups is 1. The summed E-state index contributed by atoms with van der Waals surface area (Å²) in [5, 5.41) is 23.3. The molecule has 0 aliphatic carbocycles. The maximum atomic E-state index is 10.5. The van der Waals surface area contributed by atoms with Gasteiger partial charge in [-0.15, -0.1) is 0 Å². The lowest BCUT2D eigenvalue weighted by molar-refractivity contribution is -0.344. The number of rotatable bonds is 0. The van der Waals surface area contributed by atoms with E-state index in [1.165, 1.54) is 0 Å². The van der Waals surface area contributed by atoms with Gasteiger partial charge in [-0.3, -0.25) is 0 Å². The zero-order chi connectivity index (χ0) is 11.9. The molecular weight excluding hydrogens is 217 g/mol. The van der Waals surface area contributed by atoms with Gasteiger partial charge in [0.05, 0.1) is 5.71 Å². The third-order valence-corrected chi connectivity index (χ3v) is 1.55. The third kappa shape index (κ3) is 6.72. The van der Waals surface area contributed by atoms with Crippen LogP contribution in [-0.4, -0.2) is 36.2 Å².